The summed E-state index contributed by atoms with van der Waals surface area (Å²) in [6, 6.07) is 6.16. The highest BCUT2D eigenvalue weighted by atomic mass is 16.5. The summed E-state index contributed by atoms with van der Waals surface area (Å²) in [6.07, 6.45) is 1.63. The van der Waals surface area contributed by atoms with Gasteiger partial charge >= 0.3 is 12.0 Å². The van der Waals surface area contributed by atoms with E-state index in [0.29, 0.717) is 17.9 Å². The number of esters is 1. The van der Waals surface area contributed by atoms with Crippen LogP contribution in [-0.4, -0.2) is 42.9 Å². The molecule has 8 heteroatoms. The number of hydrogen-bond donors (Lipinski definition) is 2. The molecule has 0 aliphatic heterocycles. The van der Waals surface area contributed by atoms with Gasteiger partial charge in [-0.25, -0.2) is 4.79 Å². The fraction of sp³-hybridized carbons (Fsp3) is 0.444. The molecular formula is C18H22N2O6. The summed E-state index contributed by atoms with van der Waals surface area (Å²) in [7, 11) is 0. The number of urea groups is 1. The Kier molecular flexibility index (Phi) is 7.13. The van der Waals surface area contributed by atoms with Gasteiger partial charge in [0.1, 0.15) is 5.75 Å². The zero-order valence-corrected chi connectivity index (χ0v) is 14.6. The number of benzene rings is 1. The first kappa shape index (κ1) is 19.4. The first-order chi connectivity index (χ1) is 12.5. The molecule has 1 fully saturated rings. The van der Waals surface area contributed by atoms with Gasteiger partial charge in [-0.2, -0.15) is 0 Å². The average Bonchev–Trinajstić information content (AvgIpc) is 3.42. The molecule has 3 amide bonds. The highest BCUT2D eigenvalue weighted by Crippen LogP contribution is 2.18. The van der Waals surface area contributed by atoms with E-state index in [0.717, 1.165) is 12.8 Å². The van der Waals surface area contributed by atoms with Crippen LogP contribution in [-0.2, 0) is 14.3 Å². The van der Waals surface area contributed by atoms with Crippen molar-refractivity contribution in [3.63, 3.8) is 0 Å². The Morgan fingerprint density at radius 3 is 2.38 bits per heavy atom. The fourth-order valence-corrected chi connectivity index (χ4v) is 2.09. The molecule has 26 heavy (non-hydrogen) atoms. The lowest BCUT2D eigenvalue weighted by Gasteiger charge is -2.07. The predicted octanol–water partition coefficient (Wildman–Crippen LogP) is 1.58. The number of hydrogen-bond acceptors (Lipinski definition) is 6. The van der Waals surface area contributed by atoms with Gasteiger partial charge in [0.2, 0.25) is 0 Å². The van der Waals surface area contributed by atoms with Crippen LogP contribution in [0, 0.1) is 0 Å². The monoisotopic (exact) mass is 362 g/mol. The van der Waals surface area contributed by atoms with Gasteiger partial charge in [-0.3, -0.25) is 19.7 Å². The van der Waals surface area contributed by atoms with Crippen LogP contribution in [0.2, 0.25) is 0 Å². The lowest BCUT2D eigenvalue weighted by atomic mass is 10.1. The van der Waals surface area contributed by atoms with Crippen molar-refractivity contribution >= 4 is 23.7 Å². The van der Waals surface area contributed by atoms with Gasteiger partial charge in [0.25, 0.3) is 5.91 Å². The van der Waals surface area contributed by atoms with E-state index in [9.17, 15) is 19.2 Å². The van der Waals surface area contributed by atoms with Crippen LogP contribution in [0.3, 0.4) is 0 Å². The van der Waals surface area contributed by atoms with E-state index < -0.39 is 24.5 Å². The third-order valence-electron chi connectivity index (χ3n) is 3.57. The van der Waals surface area contributed by atoms with E-state index in [1.54, 1.807) is 24.3 Å². The number of rotatable bonds is 9. The van der Waals surface area contributed by atoms with Gasteiger partial charge in [0, 0.05) is 18.0 Å². The number of amides is 3. The SMILES string of the molecule is CCOc1ccc(C(=O)CCC(=O)OCC(=O)NC(=O)NC2CC2)cc1. The van der Waals surface area contributed by atoms with Crippen LogP contribution in [0.4, 0.5) is 4.79 Å². The molecule has 0 radical (unpaired) electrons. The number of Topliss-reactive ketones (excluding diaryl/α,β-unsaturated/α-hetero) is 1. The maximum Gasteiger partial charge on any atom is 0.321 e. The fourth-order valence-electron chi connectivity index (χ4n) is 2.09. The lowest BCUT2D eigenvalue weighted by molar-refractivity contribution is -0.148. The molecule has 140 valence electrons. The molecule has 0 saturated heterocycles. The molecule has 1 aromatic carbocycles. The summed E-state index contributed by atoms with van der Waals surface area (Å²) in [4.78, 5) is 46.5. The third-order valence-corrected chi connectivity index (χ3v) is 3.57. The van der Waals surface area contributed by atoms with E-state index in [4.69, 9.17) is 9.47 Å². The molecule has 0 unspecified atom stereocenters. The molecule has 1 aromatic rings. The summed E-state index contributed by atoms with van der Waals surface area (Å²) in [5, 5.41) is 4.65. The summed E-state index contributed by atoms with van der Waals surface area (Å²) in [5.41, 5.74) is 0.468. The van der Waals surface area contributed by atoms with Crippen molar-refractivity contribution in [2.45, 2.75) is 38.6 Å². The third kappa shape index (κ3) is 6.92. The largest absolute Gasteiger partial charge is 0.494 e. The van der Waals surface area contributed by atoms with Crippen molar-refractivity contribution in [1.82, 2.24) is 10.6 Å². The number of imide groups is 1. The van der Waals surface area contributed by atoms with E-state index in [2.05, 4.69) is 10.6 Å². The highest BCUT2D eigenvalue weighted by Gasteiger charge is 2.24. The van der Waals surface area contributed by atoms with Crippen molar-refractivity contribution < 1.29 is 28.7 Å². The Balaban J connectivity index is 1.64. The first-order valence-electron chi connectivity index (χ1n) is 8.50. The molecule has 1 aliphatic rings. The van der Waals surface area contributed by atoms with Crippen molar-refractivity contribution in [2.24, 2.45) is 0 Å². The van der Waals surface area contributed by atoms with Crippen LogP contribution in [0.15, 0.2) is 24.3 Å². The molecule has 0 aromatic heterocycles. The molecule has 0 atom stereocenters. The smallest absolute Gasteiger partial charge is 0.321 e. The summed E-state index contributed by atoms with van der Waals surface area (Å²) < 4.78 is 10.1. The van der Waals surface area contributed by atoms with Gasteiger partial charge in [-0.05, 0) is 44.0 Å². The van der Waals surface area contributed by atoms with Crippen LogP contribution in [0.5, 0.6) is 5.75 Å². The van der Waals surface area contributed by atoms with Crippen LogP contribution < -0.4 is 15.4 Å². The van der Waals surface area contributed by atoms with Crippen molar-refractivity contribution in [2.75, 3.05) is 13.2 Å². The molecule has 2 rings (SSSR count). The minimum atomic E-state index is -0.714. The van der Waals surface area contributed by atoms with Gasteiger partial charge in [0.05, 0.1) is 13.0 Å². The van der Waals surface area contributed by atoms with E-state index in [-0.39, 0.29) is 24.7 Å². The maximum atomic E-state index is 12.0. The van der Waals surface area contributed by atoms with Crippen LogP contribution in [0.1, 0.15) is 43.0 Å². The molecule has 1 aliphatic carbocycles. The van der Waals surface area contributed by atoms with Crippen LogP contribution >= 0.6 is 0 Å². The Bertz CT molecular complexity index is 667. The van der Waals surface area contributed by atoms with Gasteiger partial charge in [-0.1, -0.05) is 0 Å². The van der Waals surface area contributed by atoms with E-state index in [1.807, 2.05) is 6.92 Å². The van der Waals surface area contributed by atoms with Gasteiger partial charge < -0.3 is 14.8 Å². The number of carbonyl (C=O) groups is 4. The summed E-state index contributed by atoms with van der Waals surface area (Å²) in [6.45, 7) is 1.84. The zero-order valence-electron chi connectivity index (χ0n) is 14.6. The van der Waals surface area contributed by atoms with Crippen molar-refractivity contribution in [1.29, 1.82) is 0 Å². The highest BCUT2D eigenvalue weighted by molar-refractivity contribution is 5.98. The summed E-state index contributed by atoms with van der Waals surface area (Å²) in [5.74, 6) is -0.935. The predicted molar refractivity (Wildman–Crippen MR) is 91.8 cm³/mol. The zero-order chi connectivity index (χ0) is 18.9. The van der Waals surface area contributed by atoms with Gasteiger partial charge in [0.15, 0.2) is 12.4 Å². The second-order valence-electron chi connectivity index (χ2n) is 5.84. The Labute approximate surface area is 151 Å². The van der Waals surface area contributed by atoms with Crippen molar-refractivity contribution in [3.8, 4) is 5.75 Å². The average molecular weight is 362 g/mol. The molecule has 8 nitrogen and oxygen atoms in total. The van der Waals surface area contributed by atoms with Gasteiger partial charge in [-0.15, -0.1) is 0 Å². The molecule has 0 bridgehead atoms. The standard InChI is InChI=1S/C18H22N2O6/c1-2-25-14-7-3-12(4-8-14)15(21)9-10-17(23)26-11-16(22)20-18(24)19-13-5-6-13/h3-4,7-8,13H,2,5-6,9-11H2,1H3,(H2,19,20,22,24). The van der Waals surface area contributed by atoms with Crippen molar-refractivity contribution in [3.05, 3.63) is 29.8 Å². The maximum absolute atomic E-state index is 12.0. The van der Waals surface area contributed by atoms with E-state index >= 15 is 0 Å². The number of carbonyl (C=O) groups excluding carboxylic acids is 4. The lowest BCUT2D eigenvalue weighted by Crippen LogP contribution is -2.42. The van der Waals surface area contributed by atoms with Crippen LogP contribution in [0.25, 0.3) is 0 Å². The molecule has 1 saturated carbocycles. The Hall–Kier alpha value is -2.90. The number of ether oxygens (including phenoxy) is 2. The second-order valence-corrected chi connectivity index (χ2v) is 5.84. The molecule has 0 spiro atoms. The minimum absolute atomic E-state index is 0.0312. The summed E-state index contributed by atoms with van der Waals surface area (Å²) >= 11 is 0. The minimum Gasteiger partial charge on any atom is -0.494 e. The second kappa shape index (κ2) is 9.55. The normalized spacial score (nSPS) is 12.8. The molecular weight excluding hydrogens is 340 g/mol. The molecule has 2 N–H and O–H groups in total. The molecule has 0 heterocycles. The number of nitrogens with one attached hydrogen (secondary N) is 2. The number of ketones is 1. The quantitative estimate of drug-likeness (QED) is 0.510. The first-order valence-corrected chi connectivity index (χ1v) is 8.50. The topological polar surface area (TPSA) is 111 Å². The Morgan fingerprint density at radius 1 is 1.08 bits per heavy atom. The Morgan fingerprint density at radius 2 is 1.77 bits per heavy atom. The van der Waals surface area contributed by atoms with E-state index in [1.165, 1.54) is 0 Å².